The Morgan fingerprint density at radius 3 is 2.52 bits per heavy atom. The van der Waals surface area contributed by atoms with E-state index >= 15 is 0 Å². The third-order valence-corrected chi connectivity index (χ3v) is 5.19. The minimum atomic E-state index is -4.54. The lowest BCUT2D eigenvalue weighted by atomic mass is 10.1. The molecule has 0 spiro atoms. The second kappa shape index (κ2) is 8.58. The average Bonchev–Trinajstić information content (AvgIpc) is 3.10. The maximum absolute atomic E-state index is 13.0. The van der Waals surface area contributed by atoms with Crippen LogP contribution in [0.25, 0.3) is 0 Å². The molecule has 2 aromatic rings. The molecule has 0 bridgehead atoms. The summed E-state index contributed by atoms with van der Waals surface area (Å²) in [5, 5.41) is 2.82. The molecular weight excluding hydrogens is 435 g/mol. The summed E-state index contributed by atoms with van der Waals surface area (Å²) < 4.78 is 38.9. The molecule has 6 nitrogen and oxygen atoms in total. The van der Waals surface area contributed by atoms with E-state index in [0.717, 1.165) is 17.0 Å². The highest BCUT2D eigenvalue weighted by Gasteiger charge is 2.37. The van der Waals surface area contributed by atoms with Crippen molar-refractivity contribution in [1.29, 1.82) is 0 Å². The minimum absolute atomic E-state index is 0.0695. The first-order chi connectivity index (χ1) is 14.5. The predicted octanol–water partition coefficient (Wildman–Crippen LogP) is 4.05. The second-order valence-electron chi connectivity index (χ2n) is 7.34. The Kier molecular flexibility index (Phi) is 6.26. The number of nitrogens with zero attached hydrogens (tertiary/aromatic N) is 2. The fourth-order valence-corrected chi connectivity index (χ4v) is 3.39. The van der Waals surface area contributed by atoms with Gasteiger partial charge in [0.25, 0.3) is 5.91 Å². The summed E-state index contributed by atoms with van der Waals surface area (Å²) in [6, 6.07) is 8.83. The van der Waals surface area contributed by atoms with Crippen molar-refractivity contribution in [3.8, 4) is 0 Å². The Bertz CT molecular complexity index is 1040. The van der Waals surface area contributed by atoms with Crippen LogP contribution in [0.15, 0.2) is 42.5 Å². The van der Waals surface area contributed by atoms with E-state index in [2.05, 4.69) is 5.32 Å². The number of carbonyl (C=O) groups is 3. The van der Waals surface area contributed by atoms with Crippen molar-refractivity contribution in [2.24, 2.45) is 5.92 Å². The Hall–Kier alpha value is -3.07. The van der Waals surface area contributed by atoms with Crippen LogP contribution in [0.4, 0.5) is 24.5 Å². The Morgan fingerprint density at radius 2 is 1.87 bits per heavy atom. The molecule has 1 unspecified atom stereocenters. The first-order valence-corrected chi connectivity index (χ1v) is 9.65. The summed E-state index contributed by atoms with van der Waals surface area (Å²) in [6.45, 7) is -0.0695. The smallest absolute Gasteiger partial charge is 0.345 e. The molecule has 3 rings (SSSR count). The van der Waals surface area contributed by atoms with E-state index in [1.54, 1.807) is 14.1 Å². The van der Waals surface area contributed by atoms with Crippen LogP contribution >= 0.6 is 11.6 Å². The van der Waals surface area contributed by atoms with Gasteiger partial charge >= 0.3 is 6.18 Å². The Morgan fingerprint density at radius 1 is 1.16 bits per heavy atom. The van der Waals surface area contributed by atoms with Crippen LogP contribution < -0.4 is 10.2 Å². The first-order valence-electron chi connectivity index (χ1n) is 9.27. The van der Waals surface area contributed by atoms with Crippen LogP contribution in [-0.4, -0.2) is 43.3 Å². The van der Waals surface area contributed by atoms with Crippen molar-refractivity contribution in [2.45, 2.75) is 12.6 Å². The van der Waals surface area contributed by atoms with Crippen molar-refractivity contribution in [3.05, 3.63) is 58.6 Å². The fourth-order valence-electron chi connectivity index (χ4n) is 3.23. The average molecular weight is 454 g/mol. The molecule has 1 fully saturated rings. The maximum Gasteiger partial charge on any atom is 0.416 e. The summed E-state index contributed by atoms with van der Waals surface area (Å²) in [5.41, 5.74) is -0.270. The molecule has 1 saturated heterocycles. The van der Waals surface area contributed by atoms with Crippen LogP contribution in [0, 0.1) is 5.92 Å². The highest BCUT2D eigenvalue weighted by molar-refractivity contribution is 6.34. The predicted molar refractivity (Wildman–Crippen MR) is 110 cm³/mol. The monoisotopic (exact) mass is 453 g/mol. The summed E-state index contributed by atoms with van der Waals surface area (Å²) >= 11 is 6.12. The SMILES string of the molecule is CN(C)C(=O)c1ccc(Cl)c(NC(=O)C2CC(=O)N(c3cccc(C(F)(F)F)c3)C2)c1. The summed E-state index contributed by atoms with van der Waals surface area (Å²) in [7, 11) is 3.17. The van der Waals surface area contributed by atoms with Gasteiger partial charge in [0.15, 0.2) is 0 Å². The molecule has 1 N–H and O–H groups in total. The third kappa shape index (κ3) is 4.99. The molecule has 1 aliphatic rings. The maximum atomic E-state index is 13.0. The van der Waals surface area contributed by atoms with Gasteiger partial charge in [-0.2, -0.15) is 13.2 Å². The Balaban J connectivity index is 1.76. The summed E-state index contributed by atoms with van der Waals surface area (Å²) in [5.74, 6) is -2.04. The fraction of sp³-hybridized carbons (Fsp3) is 0.286. The standard InChI is InChI=1S/C21H19ClF3N3O3/c1-27(2)20(31)12-6-7-16(22)17(8-12)26-19(30)13-9-18(29)28(11-13)15-5-3-4-14(10-15)21(23,24)25/h3-8,10,13H,9,11H2,1-2H3,(H,26,30). The van der Waals surface area contributed by atoms with Gasteiger partial charge in [-0.3, -0.25) is 14.4 Å². The van der Waals surface area contributed by atoms with Gasteiger partial charge < -0.3 is 15.1 Å². The highest BCUT2D eigenvalue weighted by atomic mass is 35.5. The molecular formula is C21H19ClF3N3O3. The van der Waals surface area contributed by atoms with Gasteiger partial charge in [-0.25, -0.2) is 0 Å². The summed E-state index contributed by atoms with van der Waals surface area (Å²) in [6.07, 6.45) is -4.70. The van der Waals surface area contributed by atoms with Gasteiger partial charge in [0, 0.05) is 38.3 Å². The molecule has 2 aromatic carbocycles. The second-order valence-corrected chi connectivity index (χ2v) is 7.74. The largest absolute Gasteiger partial charge is 0.416 e. The molecule has 1 heterocycles. The lowest BCUT2D eigenvalue weighted by Gasteiger charge is -2.18. The number of anilines is 2. The van der Waals surface area contributed by atoms with Gasteiger partial charge in [0.1, 0.15) is 0 Å². The van der Waals surface area contributed by atoms with Crippen LogP contribution in [-0.2, 0) is 15.8 Å². The van der Waals surface area contributed by atoms with E-state index in [0.29, 0.717) is 5.56 Å². The number of hydrogen-bond acceptors (Lipinski definition) is 3. The first kappa shape index (κ1) is 22.6. The van der Waals surface area contributed by atoms with Crippen molar-refractivity contribution in [2.75, 3.05) is 30.9 Å². The molecule has 0 aromatic heterocycles. The summed E-state index contributed by atoms with van der Waals surface area (Å²) in [4.78, 5) is 39.7. The van der Waals surface area contributed by atoms with E-state index in [1.165, 1.54) is 35.2 Å². The van der Waals surface area contributed by atoms with Crippen LogP contribution in [0.2, 0.25) is 5.02 Å². The van der Waals surface area contributed by atoms with Crippen LogP contribution in [0.3, 0.4) is 0 Å². The number of halogens is 4. The van der Waals surface area contributed by atoms with E-state index < -0.39 is 29.5 Å². The van der Waals surface area contributed by atoms with E-state index in [1.807, 2.05) is 0 Å². The molecule has 1 aliphatic heterocycles. The van der Waals surface area contributed by atoms with Gasteiger partial charge in [-0.05, 0) is 36.4 Å². The van der Waals surface area contributed by atoms with Gasteiger partial charge in [-0.15, -0.1) is 0 Å². The van der Waals surface area contributed by atoms with E-state index in [4.69, 9.17) is 11.6 Å². The van der Waals surface area contributed by atoms with Gasteiger partial charge in [-0.1, -0.05) is 17.7 Å². The lowest BCUT2D eigenvalue weighted by molar-refractivity contribution is -0.137. The topological polar surface area (TPSA) is 69.7 Å². The number of carbonyl (C=O) groups excluding carboxylic acids is 3. The Labute approximate surface area is 181 Å². The normalized spacial score (nSPS) is 16.4. The zero-order valence-corrected chi connectivity index (χ0v) is 17.4. The highest BCUT2D eigenvalue weighted by Crippen LogP contribution is 2.34. The number of benzene rings is 2. The van der Waals surface area contributed by atoms with Crippen LogP contribution in [0.1, 0.15) is 22.3 Å². The zero-order chi connectivity index (χ0) is 22.9. The number of alkyl halides is 3. The number of rotatable bonds is 4. The van der Waals surface area contributed by atoms with Crippen molar-refractivity contribution in [3.63, 3.8) is 0 Å². The molecule has 1 atom stereocenters. The molecule has 0 radical (unpaired) electrons. The third-order valence-electron chi connectivity index (χ3n) is 4.86. The molecule has 31 heavy (non-hydrogen) atoms. The number of nitrogens with one attached hydrogen (secondary N) is 1. The molecule has 164 valence electrons. The van der Waals surface area contributed by atoms with Crippen molar-refractivity contribution in [1.82, 2.24) is 4.90 Å². The molecule has 10 heteroatoms. The quantitative estimate of drug-likeness (QED) is 0.759. The molecule has 3 amide bonds. The van der Waals surface area contributed by atoms with E-state index in [-0.39, 0.29) is 35.3 Å². The van der Waals surface area contributed by atoms with E-state index in [9.17, 15) is 27.6 Å². The van der Waals surface area contributed by atoms with Gasteiger partial charge in [0.2, 0.25) is 11.8 Å². The number of amides is 3. The molecule has 0 saturated carbocycles. The molecule has 0 aliphatic carbocycles. The van der Waals surface area contributed by atoms with Gasteiger partial charge in [0.05, 0.1) is 22.2 Å². The number of hydrogen-bond donors (Lipinski definition) is 1. The van der Waals surface area contributed by atoms with Crippen molar-refractivity contribution < 1.29 is 27.6 Å². The minimum Gasteiger partial charge on any atom is -0.345 e. The zero-order valence-electron chi connectivity index (χ0n) is 16.7. The van der Waals surface area contributed by atoms with Crippen LogP contribution in [0.5, 0.6) is 0 Å². The lowest BCUT2D eigenvalue weighted by Crippen LogP contribution is -2.28. The van der Waals surface area contributed by atoms with Crippen molar-refractivity contribution >= 4 is 40.7 Å².